The molecular weight excluding hydrogens is 239 g/mol. The molecule has 1 rings (SSSR count). The summed E-state index contributed by atoms with van der Waals surface area (Å²) in [5.41, 5.74) is 0.678. The molecule has 15 heavy (non-hydrogen) atoms. The minimum absolute atomic E-state index is 0.132. The van der Waals surface area contributed by atoms with Crippen molar-refractivity contribution in [3.63, 3.8) is 0 Å². The van der Waals surface area contributed by atoms with Crippen LogP contribution in [-0.2, 0) is 16.1 Å². The second kappa shape index (κ2) is 5.35. The molecule has 1 aromatic carbocycles. The fourth-order valence-electron chi connectivity index (χ4n) is 0.946. The number of carboxylic acids is 1. The van der Waals surface area contributed by atoms with E-state index in [4.69, 9.17) is 33.0 Å². The molecule has 1 atom stereocenters. The van der Waals surface area contributed by atoms with E-state index in [1.807, 2.05) is 0 Å². The zero-order valence-electron chi connectivity index (χ0n) is 8.04. The normalized spacial score (nSPS) is 12.5. The maximum atomic E-state index is 10.5. The van der Waals surface area contributed by atoms with Crippen molar-refractivity contribution in [3.8, 4) is 0 Å². The van der Waals surface area contributed by atoms with Gasteiger partial charge in [-0.15, -0.1) is 0 Å². The van der Waals surface area contributed by atoms with E-state index in [0.717, 1.165) is 0 Å². The molecule has 0 unspecified atom stereocenters. The van der Waals surface area contributed by atoms with Gasteiger partial charge in [0.2, 0.25) is 0 Å². The average Bonchev–Trinajstić information content (AvgIpc) is 2.19. The summed E-state index contributed by atoms with van der Waals surface area (Å²) >= 11 is 11.7. The summed E-state index contributed by atoms with van der Waals surface area (Å²) in [6.45, 7) is 1.59. The summed E-state index contributed by atoms with van der Waals surface area (Å²) in [4.78, 5) is 10.5. The molecule has 0 bridgehead atoms. The third kappa shape index (κ3) is 3.38. The molecule has 0 aliphatic heterocycles. The highest BCUT2D eigenvalue weighted by molar-refractivity contribution is 6.42. The van der Waals surface area contributed by atoms with Crippen molar-refractivity contribution in [2.75, 3.05) is 0 Å². The third-order valence-electron chi connectivity index (χ3n) is 1.87. The van der Waals surface area contributed by atoms with Crippen molar-refractivity contribution in [2.24, 2.45) is 0 Å². The molecule has 0 aromatic heterocycles. The molecule has 3 nitrogen and oxygen atoms in total. The van der Waals surface area contributed by atoms with Gasteiger partial charge in [0.1, 0.15) is 0 Å². The molecule has 1 aromatic rings. The molecule has 0 amide bonds. The summed E-state index contributed by atoms with van der Waals surface area (Å²) in [6.07, 6.45) is -0.861. The number of rotatable bonds is 4. The molecule has 0 heterocycles. The molecule has 0 saturated carbocycles. The average molecular weight is 249 g/mol. The summed E-state index contributed by atoms with van der Waals surface area (Å²) in [7, 11) is 0. The maximum Gasteiger partial charge on any atom is 0.332 e. The van der Waals surface area contributed by atoms with Gasteiger partial charge in [-0.1, -0.05) is 35.3 Å². The number of aliphatic carboxylic acids is 1. The molecule has 0 radical (unpaired) electrons. The number of halogens is 2. The van der Waals surface area contributed by atoms with Gasteiger partial charge in [-0.25, -0.2) is 4.79 Å². The smallest absolute Gasteiger partial charge is 0.332 e. The fraction of sp³-hybridized carbons (Fsp3) is 0.300. The minimum Gasteiger partial charge on any atom is -0.479 e. The van der Waals surface area contributed by atoms with Gasteiger partial charge in [0, 0.05) is 0 Å². The predicted octanol–water partition coefficient (Wildman–Crippen LogP) is 2.98. The summed E-state index contributed by atoms with van der Waals surface area (Å²) in [5, 5.41) is 9.43. The Kier molecular flexibility index (Phi) is 4.39. The van der Waals surface area contributed by atoms with E-state index in [2.05, 4.69) is 0 Å². The number of carbonyl (C=O) groups is 1. The third-order valence-corrected chi connectivity index (χ3v) is 2.73. The number of hydrogen-bond donors (Lipinski definition) is 1. The Morgan fingerprint density at radius 2 is 2.20 bits per heavy atom. The van der Waals surface area contributed by atoms with Crippen LogP contribution >= 0.6 is 23.2 Å². The van der Waals surface area contributed by atoms with Crippen LogP contribution in [0, 0.1) is 0 Å². The molecule has 0 aliphatic carbocycles. The van der Waals surface area contributed by atoms with Crippen molar-refractivity contribution in [3.05, 3.63) is 33.8 Å². The molecule has 0 spiro atoms. The van der Waals surface area contributed by atoms with Gasteiger partial charge in [0.25, 0.3) is 0 Å². The van der Waals surface area contributed by atoms with E-state index >= 15 is 0 Å². The van der Waals surface area contributed by atoms with Crippen LogP contribution in [0.4, 0.5) is 0 Å². The van der Waals surface area contributed by atoms with Gasteiger partial charge in [-0.3, -0.25) is 0 Å². The lowest BCUT2D eigenvalue weighted by Crippen LogP contribution is -2.19. The number of carboxylic acid groups (broad SMARTS) is 1. The highest BCUT2D eigenvalue weighted by Crippen LogP contribution is 2.26. The van der Waals surface area contributed by atoms with Gasteiger partial charge in [0.05, 0.1) is 16.7 Å². The summed E-state index contributed by atoms with van der Waals surface area (Å²) in [5.74, 6) is -1.01. The van der Waals surface area contributed by atoms with Crippen LogP contribution in [0.25, 0.3) is 0 Å². The molecular formula is C10H10Cl2O3. The van der Waals surface area contributed by atoms with E-state index in [1.165, 1.54) is 6.92 Å². The number of ether oxygens (including phenoxy) is 1. The molecule has 5 heteroatoms. The Morgan fingerprint density at radius 3 is 2.80 bits per heavy atom. The van der Waals surface area contributed by atoms with Crippen LogP contribution in [0.15, 0.2) is 18.2 Å². The molecule has 1 N–H and O–H groups in total. The van der Waals surface area contributed by atoms with E-state index in [9.17, 15) is 4.79 Å². The molecule has 0 fully saturated rings. The van der Waals surface area contributed by atoms with Crippen LogP contribution in [0.5, 0.6) is 0 Å². The van der Waals surface area contributed by atoms with Gasteiger partial charge in [0.15, 0.2) is 6.10 Å². The van der Waals surface area contributed by atoms with Gasteiger partial charge < -0.3 is 9.84 Å². The Labute approximate surface area is 97.6 Å². The quantitative estimate of drug-likeness (QED) is 0.892. The van der Waals surface area contributed by atoms with Crippen LogP contribution in [0.1, 0.15) is 12.5 Å². The van der Waals surface area contributed by atoms with E-state index < -0.39 is 12.1 Å². The van der Waals surface area contributed by atoms with Gasteiger partial charge >= 0.3 is 5.97 Å². The topological polar surface area (TPSA) is 46.5 Å². The van der Waals surface area contributed by atoms with Crippen molar-refractivity contribution < 1.29 is 14.6 Å². The summed E-state index contributed by atoms with van der Waals surface area (Å²) < 4.78 is 5.08. The first-order chi connectivity index (χ1) is 7.02. The first-order valence-corrected chi connectivity index (χ1v) is 5.05. The Balaban J connectivity index is 2.66. The zero-order valence-corrected chi connectivity index (χ0v) is 9.55. The fourth-order valence-corrected chi connectivity index (χ4v) is 1.32. The Hall–Kier alpha value is -0.770. The standard InChI is InChI=1S/C10H10Cl2O3/c1-6(10(13)14)15-5-7-3-2-4-8(11)9(7)12/h2-4,6H,5H2,1H3,(H,13,14)/t6-/m1/s1. The van der Waals surface area contributed by atoms with E-state index in [-0.39, 0.29) is 6.61 Å². The lowest BCUT2D eigenvalue weighted by molar-refractivity contribution is -0.149. The lowest BCUT2D eigenvalue weighted by Gasteiger charge is -2.09. The zero-order chi connectivity index (χ0) is 11.4. The van der Waals surface area contributed by atoms with Crippen LogP contribution in [-0.4, -0.2) is 17.2 Å². The second-order valence-electron chi connectivity index (χ2n) is 3.00. The highest BCUT2D eigenvalue weighted by atomic mass is 35.5. The highest BCUT2D eigenvalue weighted by Gasteiger charge is 2.12. The largest absolute Gasteiger partial charge is 0.479 e. The van der Waals surface area contributed by atoms with Crippen LogP contribution in [0.2, 0.25) is 10.0 Å². The molecule has 82 valence electrons. The van der Waals surface area contributed by atoms with Crippen molar-refractivity contribution in [2.45, 2.75) is 19.6 Å². The Bertz CT molecular complexity index is 366. The monoisotopic (exact) mass is 248 g/mol. The second-order valence-corrected chi connectivity index (χ2v) is 3.79. The van der Waals surface area contributed by atoms with E-state index in [0.29, 0.717) is 15.6 Å². The predicted molar refractivity (Wildman–Crippen MR) is 58.3 cm³/mol. The van der Waals surface area contributed by atoms with Crippen LogP contribution < -0.4 is 0 Å². The van der Waals surface area contributed by atoms with Crippen molar-refractivity contribution in [1.82, 2.24) is 0 Å². The van der Waals surface area contributed by atoms with E-state index in [1.54, 1.807) is 18.2 Å². The first-order valence-electron chi connectivity index (χ1n) is 4.29. The number of hydrogen-bond acceptors (Lipinski definition) is 2. The van der Waals surface area contributed by atoms with Crippen molar-refractivity contribution in [1.29, 1.82) is 0 Å². The number of benzene rings is 1. The Morgan fingerprint density at radius 1 is 1.53 bits per heavy atom. The molecule has 0 saturated heterocycles. The van der Waals surface area contributed by atoms with Crippen LogP contribution in [0.3, 0.4) is 0 Å². The maximum absolute atomic E-state index is 10.5. The summed E-state index contributed by atoms with van der Waals surface area (Å²) in [6, 6.07) is 5.13. The van der Waals surface area contributed by atoms with Gasteiger partial charge in [-0.05, 0) is 18.6 Å². The van der Waals surface area contributed by atoms with Crippen molar-refractivity contribution >= 4 is 29.2 Å². The SMILES string of the molecule is C[C@@H](OCc1cccc(Cl)c1Cl)C(=O)O. The van der Waals surface area contributed by atoms with Gasteiger partial charge in [-0.2, -0.15) is 0 Å². The molecule has 0 aliphatic rings. The minimum atomic E-state index is -1.01. The lowest BCUT2D eigenvalue weighted by atomic mass is 10.2. The first kappa shape index (κ1) is 12.3.